The lowest BCUT2D eigenvalue weighted by Gasteiger charge is -2.37. The van der Waals surface area contributed by atoms with Crippen molar-refractivity contribution in [2.75, 3.05) is 20.8 Å². The van der Waals surface area contributed by atoms with Gasteiger partial charge in [0.25, 0.3) is 5.56 Å². The minimum atomic E-state index is -1.08. The van der Waals surface area contributed by atoms with Gasteiger partial charge in [0.05, 0.1) is 26.9 Å². The number of aliphatic hydroxyl groups is 1. The van der Waals surface area contributed by atoms with Crippen LogP contribution in [0.2, 0.25) is 0 Å². The van der Waals surface area contributed by atoms with E-state index in [2.05, 4.69) is 4.98 Å². The van der Waals surface area contributed by atoms with Gasteiger partial charge in [-0.15, -0.1) is 0 Å². The molecule has 3 aromatic carbocycles. The number of nitrogens with zero attached hydrogens (tertiary/aromatic N) is 1. The van der Waals surface area contributed by atoms with Crippen LogP contribution in [0.15, 0.2) is 94.6 Å². The van der Waals surface area contributed by atoms with Crippen LogP contribution in [0.3, 0.4) is 0 Å². The number of benzene rings is 3. The number of hydrogen-bond donors (Lipinski definition) is 2. The van der Waals surface area contributed by atoms with Gasteiger partial charge in [-0.25, -0.2) is 4.79 Å². The summed E-state index contributed by atoms with van der Waals surface area (Å²) in [5.41, 5.74) is 0.825. The molecule has 0 spiro atoms. The SMILES string of the molecule is COc1ccc(C(OC[C@H]2O[C@@H](n3cc(C)c(=O)[15nH]c3=O)C[C@@H]2O)(c2ccccc2)c2ccc(OC)cc2)cc1. The molecule has 0 amide bonds. The number of hydrogen-bond acceptors (Lipinski definition) is 7. The van der Waals surface area contributed by atoms with Gasteiger partial charge >= 0.3 is 5.69 Å². The first-order valence-electron chi connectivity index (χ1n) is 13.0. The maximum Gasteiger partial charge on any atom is 0.330 e. The van der Waals surface area contributed by atoms with Gasteiger partial charge in [-0.3, -0.25) is 14.3 Å². The fourth-order valence-electron chi connectivity index (χ4n) is 5.12. The van der Waals surface area contributed by atoms with Crippen molar-refractivity contribution in [3.05, 3.63) is 128 Å². The van der Waals surface area contributed by atoms with E-state index in [9.17, 15) is 14.7 Å². The lowest BCUT2D eigenvalue weighted by atomic mass is 9.80. The Morgan fingerprint density at radius 1 is 0.900 bits per heavy atom. The van der Waals surface area contributed by atoms with Crippen LogP contribution in [0, 0.1) is 6.92 Å². The van der Waals surface area contributed by atoms with Crippen molar-refractivity contribution in [1.29, 1.82) is 0 Å². The molecule has 208 valence electrons. The Balaban J connectivity index is 1.54. The lowest BCUT2D eigenvalue weighted by molar-refractivity contribution is -0.0944. The molecule has 0 aliphatic carbocycles. The van der Waals surface area contributed by atoms with E-state index in [1.807, 2.05) is 78.9 Å². The smallest absolute Gasteiger partial charge is 0.330 e. The van der Waals surface area contributed by atoms with Gasteiger partial charge in [0.1, 0.15) is 29.4 Å². The average molecular weight is 546 g/mol. The molecule has 9 heteroatoms. The minimum Gasteiger partial charge on any atom is -0.497 e. The molecule has 1 aromatic heterocycles. The number of aromatic nitrogens is 2. The molecular weight excluding hydrogens is 513 g/mol. The minimum absolute atomic E-state index is 0.0156. The molecule has 1 saturated heterocycles. The van der Waals surface area contributed by atoms with E-state index in [-0.39, 0.29) is 13.0 Å². The van der Waals surface area contributed by atoms with Gasteiger partial charge in [0.15, 0.2) is 0 Å². The lowest BCUT2D eigenvalue weighted by Crippen LogP contribution is -2.38. The number of H-pyrrole nitrogens is 1. The Morgan fingerprint density at radius 2 is 1.45 bits per heavy atom. The number of aliphatic hydroxyl groups excluding tert-OH is 1. The maximum absolute atomic E-state index is 12.5. The van der Waals surface area contributed by atoms with Crippen molar-refractivity contribution in [2.24, 2.45) is 0 Å². The van der Waals surface area contributed by atoms with Crippen molar-refractivity contribution in [1.82, 2.24) is 9.55 Å². The molecule has 0 bridgehead atoms. The Morgan fingerprint density at radius 3 is 2.00 bits per heavy atom. The highest BCUT2D eigenvalue weighted by molar-refractivity contribution is 5.49. The molecule has 0 unspecified atom stereocenters. The second-order valence-corrected chi connectivity index (χ2v) is 9.73. The van der Waals surface area contributed by atoms with E-state index in [4.69, 9.17) is 18.9 Å². The monoisotopic (exact) mass is 545 g/mol. The number of aryl methyl sites for hydroxylation is 1. The summed E-state index contributed by atoms with van der Waals surface area (Å²) in [6.07, 6.45) is -0.763. The fraction of sp³-hybridized carbons (Fsp3) is 0.290. The Bertz CT molecular complexity index is 1500. The van der Waals surface area contributed by atoms with Crippen LogP contribution >= 0.6 is 0 Å². The van der Waals surface area contributed by atoms with Crippen molar-refractivity contribution in [3.63, 3.8) is 0 Å². The predicted octanol–water partition coefficient (Wildman–Crippen LogP) is 3.52. The number of nitrogens with one attached hydrogen (secondary N) is 1. The molecule has 3 atom stereocenters. The zero-order chi connectivity index (χ0) is 28.3. The van der Waals surface area contributed by atoms with Gasteiger partial charge in [-0.2, -0.15) is 0 Å². The van der Waals surface area contributed by atoms with E-state index < -0.39 is 35.3 Å². The van der Waals surface area contributed by atoms with Crippen molar-refractivity contribution < 1.29 is 24.1 Å². The summed E-state index contributed by atoms with van der Waals surface area (Å²) < 4.78 is 25.1. The third-order valence-electron chi connectivity index (χ3n) is 7.30. The van der Waals surface area contributed by atoms with Crippen LogP contribution in [0.4, 0.5) is 0 Å². The highest BCUT2D eigenvalue weighted by atomic mass is 16.6. The Labute approximate surface area is 231 Å². The number of rotatable bonds is 9. The second kappa shape index (κ2) is 11.5. The molecule has 2 heterocycles. The van der Waals surface area contributed by atoms with Gasteiger partial charge in [-0.05, 0) is 47.9 Å². The zero-order valence-corrected chi connectivity index (χ0v) is 22.6. The van der Waals surface area contributed by atoms with Crippen LogP contribution < -0.4 is 20.7 Å². The summed E-state index contributed by atoms with van der Waals surface area (Å²) in [7, 11) is 3.23. The van der Waals surface area contributed by atoms with Crippen LogP contribution in [0.25, 0.3) is 0 Å². The second-order valence-electron chi connectivity index (χ2n) is 9.73. The number of ether oxygens (including phenoxy) is 4. The molecule has 40 heavy (non-hydrogen) atoms. The molecule has 0 saturated carbocycles. The number of aromatic amines is 1. The summed E-state index contributed by atoms with van der Waals surface area (Å²) in [6, 6.07) is 25.1. The first-order valence-corrected chi connectivity index (χ1v) is 13.0. The summed E-state index contributed by atoms with van der Waals surface area (Å²) >= 11 is 0. The van der Waals surface area contributed by atoms with Gasteiger partial charge in [0.2, 0.25) is 0 Å². The van der Waals surface area contributed by atoms with Crippen LogP contribution in [-0.4, -0.2) is 47.7 Å². The standard InChI is InChI=1S/C31H32N2O7/c1-20-18-33(30(36)32-29(20)35)28-17-26(34)27(40-28)19-39-31(21-7-5-4-6-8-21,22-9-13-24(37-2)14-10-22)23-11-15-25(38-3)16-12-23/h4-16,18,26-28,34H,17,19H2,1-3H3,(H,32,35,36)/t26-,27+,28+/m0/s1/i32+1. The summed E-state index contributed by atoms with van der Waals surface area (Å²) in [5.74, 6) is 1.42. The van der Waals surface area contributed by atoms with E-state index in [1.165, 1.54) is 10.8 Å². The van der Waals surface area contributed by atoms with E-state index in [1.54, 1.807) is 21.1 Å². The molecule has 9 nitrogen and oxygen atoms in total. The van der Waals surface area contributed by atoms with Crippen LogP contribution in [0.5, 0.6) is 11.5 Å². The Hall–Kier alpha value is -4.18. The van der Waals surface area contributed by atoms with E-state index in [0.29, 0.717) is 17.1 Å². The largest absolute Gasteiger partial charge is 0.497 e. The topological polar surface area (TPSA) is 112 Å². The first-order chi connectivity index (χ1) is 19.3. The molecule has 1 fully saturated rings. The third-order valence-corrected chi connectivity index (χ3v) is 7.30. The molecule has 1 aliphatic rings. The molecule has 4 aromatic rings. The van der Waals surface area contributed by atoms with Crippen LogP contribution in [-0.2, 0) is 15.1 Å². The number of methoxy groups -OCH3 is 2. The van der Waals surface area contributed by atoms with Gasteiger partial charge in [0, 0.05) is 18.2 Å². The summed E-state index contributed by atoms with van der Waals surface area (Å²) in [4.78, 5) is 26.6. The van der Waals surface area contributed by atoms with Gasteiger partial charge in [-0.1, -0.05) is 54.6 Å². The maximum atomic E-state index is 12.5. The highest BCUT2D eigenvalue weighted by Crippen LogP contribution is 2.42. The van der Waals surface area contributed by atoms with Crippen LogP contribution in [0.1, 0.15) is 34.9 Å². The summed E-state index contributed by atoms with van der Waals surface area (Å²) in [5, 5.41) is 11.0. The molecule has 1 aliphatic heterocycles. The highest BCUT2D eigenvalue weighted by Gasteiger charge is 2.42. The molecular formula is C31H32N2O7. The average Bonchev–Trinajstić information content (AvgIpc) is 3.36. The normalized spacial score (nSPS) is 18.9. The Kier molecular flexibility index (Phi) is 7.88. The zero-order valence-electron chi connectivity index (χ0n) is 22.6. The summed E-state index contributed by atoms with van der Waals surface area (Å²) in [6.45, 7) is 1.63. The van der Waals surface area contributed by atoms with Crippen molar-refractivity contribution >= 4 is 0 Å². The molecule has 2 N–H and O–H groups in total. The van der Waals surface area contributed by atoms with E-state index >= 15 is 0 Å². The van der Waals surface area contributed by atoms with Crippen molar-refractivity contribution in [2.45, 2.75) is 37.4 Å². The molecule has 5 rings (SSSR count). The third kappa shape index (κ3) is 5.19. The van der Waals surface area contributed by atoms with Crippen molar-refractivity contribution in [3.8, 4) is 11.5 Å². The quantitative estimate of drug-likeness (QED) is 0.310. The fourth-order valence-corrected chi connectivity index (χ4v) is 5.12. The first kappa shape index (κ1) is 27.4. The van der Waals surface area contributed by atoms with E-state index in [0.717, 1.165) is 16.7 Å². The van der Waals surface area contributed by atoms with Gasteiger partial charge < -0.3 is 24.1 Å². The predicted molar refractivity (Wildman–Crippen MR) is 149 cm³/mol. The molecule has 0 radical (unpaired) electrons.